The number of hydrogen-bond acceptors (Lipinski definition) is 3. The summed E-state index contributed by atoms with van der Waals surface area (Å²) in [6, 6.07) is 2.12. The van der Waals surface area contributed by atoms with Crippen LogP contribution in [0.25, 0.3) is 11.0 Å². The largest absolute Gasteiger partial charge is 0.390 e. The molecule has 0 spiro atoms. The number of nitrogens with zero attached hydrogens (tertiary/aromatic N) is 3. The maximum Gasteiger partial charge on any atom is 0.157 e. The molecule has 1 aliphatic rings. The Labute approximate surface area is 94.7 Å². The summed E-state index contributed by atoms with van der Waals surface area (Å²) in [6.45, 7) is 1.85. The first-order chi connectivity index (χ1) is 7.55. The van der Waals surface area contributed by atoms with Crippen LogP contribution in [0.1, 0.15) is 25.8 Å². The van der Waals surface area contributed by atoms with Crippen molar-refractivity contribution in [3.05, 3.63) is 18.5 Å². The quantitative estimate of drug-likeness (QED) is 0.693. The molecule has 1 aliphatic carbocycles. The van der Waals surface area contributed by atoms with E-state index in [1.807, 2.05) is 17.7 Å². The van der Waals surface area contributed by atoms with E-state index >= 15 is 0 Å². The van der Waals surface area contributed by atoms with E-state index in [0.29, 0.717) is 5.46 Å². The molecular formula is C11H12BN3O. The highest BCUT2D eigenvalue weighted by Crippen LogP contribution is 2.41. The summed E-state index contributed by atoms with van der Waals surface area (Å²) in [6.07, 6.45) is 4.87. The Kier molecular flexibility index (Phi) is 1.89. The van der Waals surface area contributed by atoms with Gasteiger partial charge in [-0.3, -0.25) is 0 Å². The molecule has 0 unspecified atom stereocenters. The molecule has 2 aromatic rings. The summed E-state index contributed by atoms with van der Waals surface area (Å²) < 4.78 is 1.88. The third-order valence-electron chi connectivity index (χ3n) is 3.15. The number of aromatic nitrogens is 3. The van der Waals surface area contributed by atoms with Gasteiger partial charge in [0.1, 0.15) is 7.85 Å². The van der Waals surface area contributed by atoms with Crippen molar-refractivity contribution in [1.82, 2.24) is 14.8 Å². The van der Waals surface area contributed by atoms with Crippen LogP contribution in [0.3, 0.4) is 0 Å². The summed E-state index contributed by atoms with van der Waals surface area (Å²) in [5, 5.41) is 15.0. The van der Waals surface area contributed by atoms with Crippen molar-refractivity contribution >= 4 is 24.3 Å². The van der Waals surface area contributed by atoms with E-state index in [1.165, 1.54) is 0 Å². The van der Waals surface area contributed by atoms with Gasteiger partial charge in [-0.1, -0.05) is 11.5 Å². The summed E-state index contributed by atoms with van der Waals surface area (Å²) >= 11 is 0. The molecule has 1 N–H and O–H groups in total. The Morgan fingerprint density at radius 1 is 1.50 bits per heavy atom. The highest BCUT2D eigenvalue weighted by molar-refractivity contribution is 6.32. The van der Waals surface area contributed by atoms with Crippen LogP contribution in [0.5, 0.6) is 0 Å². The molecule has 4 nitrogen and oxygen atoms in total. The highest BCUT2D eigenvalue weighted by Gasteiger charge is 2.40. The van der Waals surface area contributed by atoms with E-state index in [9.17, 15) is 5.11 Å². The lowest BCUT2D eigenvalue weighted by atomic mass is 9.77. The number of aliphatic hydroxyl groups is 1. The Bertz CT molecular complexity index is 541. The zero-order valence-electron chi connectivity index (χ0n) is 9.09. The van der Waals surface area contributed by atoms with Crippen LogP contribution in [0, 0.1) is 0 Å². The van der Waals surface area contributed by atoms with Gasteiger partial charge in [-0.2, -0.15) is 5.10 Å². The van der Waals surface area contributed by atoms with Gasteiger partial charge in [0.15, 0.2) is 5.65 Å². The number of fused-ring (bicyclic) bond motifs is 1. The molecule has 2 radical (unpaired) electrons. The standard InChI is InChI=1S/C11H12BN3O/c1-11(16)3-9(4-11)15-10-7(5-14-15)2-8(12)6-13-10/h2,5-6,9,16H,3-4H2,1H3. The monoisotopic (exact) mass is 213 g/mol. The molecule has 2 heterocycles. The fourth-order valence-electron chi connectivity index (χ4n) is 2.35. The molecule has 0 aromatic carbocycles. The van der Waals surface area contributed by atoms with Gasteiger partial charge in [0.25, 0.3) is 0 Å². The molecule has 2 aromatic heterocycles. The van der Waals surface area contributed by atoms with Crippen LogP contribution in [-0.2, 0) is 0 Å². The van der Waals surface area contributed by atoms with E-state index in [2.05, 4.69) is 10.1 Å². The summed E-state index contributed by atoms with van der Waals surface area (Å²) in [5.74, 6) is 0. The van der Waals surface area contributed by atoms with E-state index in [4.69, 9.17) is 7.85 Å². The van der Waals surface area contributed by atoms with E-state index in [1.54, 1.807) is 12.4 Å². The van der Waals surface area contributed by atoms with Crippen LogP contribution in [0.2, 0.25) is 0 Å². The third-order valence-corrected chi connectivity index (χ3v) is 3.15. The summed E-state index contributed by atoms with van der Waals surface area (Å²) in [7, 11) is 5.66. The maximum atomic E-state index is 9.72. The molecule has 0 amide bonds. The van der Waals surface area contributed by atoms with Crippen molar-refractivity contribution < 1.29 is 5.11 Å². The van der Waals surface area contributed by atoms with Gasteiger partial charge in [-0.25, -0.2) is 9.67 Å². The third kappa shape index (κ3) is 1.43. The van der Waals surface area contributed by atoms with Crippen molar-refractivity contribution in [2.45, 2.75) is 31.4 Å². The molecule has 3 rings (SSSR count). The van der Waals surface area contributed by atoms with Crippen molar-refractivity contribution in [2.75, 3.05) is 0 Å². The van der Waals surface area contributed by atoms with E-state index < -0.39 is 5.60 Å². The predicted molar refractivity (Wildman–Crippen MR) is 61.8 cm³/mol. The smallest absolute Gasteiger partial charge is 0.157 e. The second-order valence-electron chi connectivity index (χ2n) is 4.83. The van der Waals surface area contributed by atoms with Crippen molar-refractivity contribution in [3.63, 3.8) is 0 Å². The molecule has 0 saturated heterocycles. The molecule has 5 heteroatoms. The first-order valence-corrected chi connectivity index (χ1v) is 5.36. The SMILES string of the molecule is [B]c1cnc2c(cnn2C2CC(C)(O)C2)c1. The number of rotatable bonds is 1. The minimum absolute atomic E-state index is 0.253. The normalized spacial score (nSPS) is 29.2. The average molecular weight is 213 g/mol. The van der Waals surface area contributed by atoms with Crippen LogP contribution < -0.4 is 5.46 Å². The van der Waals surface area contributed by atoms with Crippen molar-refractivity contribution in [2.24, 2.45) is 0 Å². The lowest BCUT2D eigenvalue weighted by Crippen LogP contribution is -2.42. The molecule has 0 aliphatic heterocycles. The van der Waals surface area contributed by atoms with E-state index in [-0.39, 0.29) is 6.04 Å². The number of hydrogen-bond donors (Lipinski definition) is 1. The molecule has 1 saturated carbocycles. The minimum Gasteiger partial charge on any atom is -0.390 e. The van der Waals surface area contributed by atoms with Crippen molar-refractivity contribution in [1.29, 1.82) is 0 Å². The second kappa shape index (κ2) is 3.07. The van der Waals surface area contributed by atoms with Crippen LogP contribution in [-0.4, -0.2) is 33.3 Å². The summed E-state index contributed by atoms with van der Waals surface area (Å²) in [4.78, 5) is 4.29. The Balaban J connectivity index is 2.00. The van der Waals surface area contributed by atoms with Gasteiger partial charge >= 0.3 is 0 Å². The van der Waals surface area contributed by atoms with Gasteiger partial charge < -0.3 is 5.11 Å². The van der Waals surface area contributed by atoms with Gasteiger partial charge in [0, 0.05) is 11.6 Å². The first kappa shape index (κ1) is 9.84. The molecule has 0 atom stereocenters. The van der Waals surface area contributed by atoms with Crippen LogP contribution >= 0.6 is 0 Å². The fourth-order valence-corrected chi connectivity index (χ4v) is 2.35. The minimum atomic E-state index is -0.545. The fraction of sp³-hybridized carbons (Fsp3) is 0.455. The molecule has 0 bridgehead atoms. The zero-order chi connectivity index (χ0) is 11.3. The van der Waals surface area contributed by atoms with Gasteiger partial charge in [0.05, 0.1) is 17.8 Å². The van der Waals surface area contributed by atoms with Gasteiger partial charge in [0.2, 0.25) is 0 Å². The van der Waals surface area contributed by atoms with E-state index in [0.717, 1.165) is 23.9 Å². The second-order valence-corrected chi connectivity index (χ2v) is 4.83. The first-order valence-electron chi connectivity index (χ1n) is 5.36. The van der Waals surface area contributed by atoms with Gasteiger partial charge in [-0.15, -0.1) is 0 Å². The lowest BCUT2D eigenvalue weighted by molar-refractivity contribution is -0.0531. The Morgan fingerprint density at radius 2 is 2.25 bits per heavy atom. The average Bonchev–Trinajstić information content (AvgIpc) is 2.56. The van der Waals surface area contributed by atoms with Crippen molar-refractivity contribution in [3.8, 4) is 0 Å². The molecule has 1 fully saturated rings. The number of pyridine rings is 1. The molecule has 80 valence electrons. The van der Waals surface area contributed by atoms with Crippen LogP contribution in [0.15, 0.2) is 18.5 Å². The molecular weight excluding hydrogens is 201 g/mol. The predicted octanol–water partition coefficient (Wildman–Crippen LogP) is 0.311. The highest BCUT2D eigenvalue weighted by atomic mass is 16.3. The lowest BCUT2D eigenvalue weighted by Gasteiger charge is -2.40. The maximum absolute atomic E-state index is 9.72. The zero-order valence-corrected chi connectivity index (χ0v) is 9.09. The topological polar surface area (TPSA) is 50.9 Å². The van der Waals surface area contributed by atoms with Gasteiger partial charge in [-0.05, 0) is 19.8 Å². The molecule has 16 heavy (non-hydrogen) atoms. The summed E-state index contributed by atoms with van der Waals surface area (Å²) in [5.41, 5.74) is 0.943. The van der Waals surface area contributed by atoms with Crippen LogP contribution in [0.4, 0.5) is 0 Å². The Hall–Kier alpha value is -1.36. The Morgan fingerprint density at radius 3 is 2.94 bits per heavy atom.